The smallest absolute Gasteiger partial charge is 0.259 e. The molecule has 176 valence electrons. The second-order valence-corrected chi connectivity index (χ2v) is 9.55. The van der Waals surface area contributed by atoms with Crippen LogP contribution in [0.15, 0.2) is 42.5 Å². The van der Waals surface area contributed by atoms with Gasteiger partial charge in [-0.05, 0) is 40.5 Å². The summed E-state index contributed by atoms with van der Waals surface area (Å²) in [5, 5.41) is 7.20. The van der Waals surface area contributed by atoms with E-state index in [-0.39, 0.29) is 34.0 Å². The van der Waals surface area contributed by atoms with Crippen LogP contribution in [0.1, 0.15) is 71.4 Å². The molecule has 1 aliphatic heterocycles. The molecule has 0 radical (unpaired) electrons. The summed E-state index contributed by atoms with van der Waals surface area (Å²) in [6.45, 7) is 8.19. The van der Waals surface area contributed by atoms with E-state index >= 15 is 0 Å². The first kappa shape index (κ1) is 22.5. The van der Waals surface area contributed by atoms with Crippen LogP contribution >= 0.6 is 0 Å². The van der Waals surface area contributed by atoms with Gasteiger partial charge in [0.1, 0.15) is 0 Å². The molecule has 2 aliphatic rings. The standard InChI is InChI=1S/C28H25N3O4/c1-12(2)15-8-6-9-16(13(3)4)23(15)30-24-20-18(22(29)25(32)26(24)33)11-14-7-5-10-17-19(14)21(20)28(35)31-27(17)34/h5-13,30H,29H2,1-4H3,(H,31,34,35). The molecule has 1 aliphatic carbocycles. The van der Waals surface area contributed by atoms with E-state index in [4.69, 9.17) is 5.73 Å². The zero-order valence-corrected chi connectivity index (χ0v) is 19.9. The SMILES string of the molecule is CC(C)c1cccc(C(C)C)c1NC1=c2c3c4c(cccc4cc2=C(N)C(=O)C1=O)C(=O)NC3=O. The fourth-order valence-electron chi connectivity index (χ4n) is 4.99. The van der Waals surface area contributed by atoms with Crippen molar-refractivity contribution in [1.29, 1.82) is 0 Å². The van der Waals surface area contributed by atoms with Crippen LogP contribution in [0.3, 0.4) is 0 Å². The highest BCUT2D eigenvalue weighted by molar-refractivity contribution is 6.63. The Hall–Kier alpha value is -4.26. The van der Waals surface area contributed by atoms with Crippen molar-refractivity contribution >= 4 is 51.2 Å². The summed E-state index contributed by atoms with van der Waals surface area (Å²) in [5.41, 5.74) is 9.08. The lowest BCUT2D eigenvalue weighted by atomic mass is 9.87. The summed E-state index contributed by atoms with van der Waals surface area (Å²) in [5.74, 6) is -2.53. The van der Waals surface area contributed by atoms with Gasteiger partial charge in [-0.2, -0.15) is 0 Å². The van der Waals surface area contributed by atoms with E-state index in [0.717, 1.165) is 16.8 Å². The van der Waals surface area contributed by atoms with Crippen LogP contribution in [0.25, 0.3) is 22.2 Å². The van der Waals surface area contributed by atoms with Crippen molar-refractivity contribution in [3.8, 4) is 0 Å². The van der Waals surface area contributed by atoms with Gasteiger partial charge in [0, 0.05) is 27.1 Å². The highest BCUT2D eigenvalue weighted by Gasteiger charge is 2.34. The molecule has 0 aromatic heterocycles. The summed E-state index contributed by atoms with van der Waals surface area (Å²) < 4.78 is 0. The molecular formula is C28H25N3O4. The molecule has 35 heavy (non-hydrogen) atoms. The van der Waals surface area contributed by atoms with Gasteiger partial charge in [0.05, 0.1) is 17.0 Å². The number of Topliss-reactive ketones (excluding diaryl/α,β-unsaturated/α-hetero) is 2. The van der Waals surface area contributed by atoms with Gasteiger partial charge in [-0.1, -0.05) is 58.0 Å². The van der Waals surface area contributed by atoms with Crippen molar-refractivity contribution in [2.24, 2.45) is 5.73 Å². The summed E-state index contributed by atoms with van der Waals surface area (Å²) in [6, 6.07) is 12.7. The Balaban J connectivity index is 1.97. The Labute approximate surface area is 201 Å². The lowest BCUT2D eigenvalue weighted by Crippen LogP contribution is -2.50. The van der Waals surface area contributed by atoms with Crippen LogP contribution in [0.2, 0.25) is 0 Å². The van der Waals surface area contributed by atoms with Gasteiger partial charge in [-0.3, -0.25) is 24.5 Å². The van der Waals surface area contributed by atoms with Gasteiger partial charge < -0.3 is 11.1 Å². The number of carbonyl (C=O) groups excluding carboxylic acids is 4. The van der Waals surface area contributed by atoms with E-state index in [2.05, 4.69) is 10.6 Å². The maximum absolute atomic E-state index is 13.4. The number of hydrogen-bond acceptors (Lipinski definition) is 6. The minimum Gasteiger partial charge on any atom is -0.395 e. The monoisotopic (exact) mass is 467 g/mol. The summed E-state index contributed by atoms with van der Waals surface area (Å²) in [6.07, 6.45) is 0. The molecule has 7 nitrogen and oxygen atoms in total. The van der Waals surface area contributed by atoms with Gasteiger partial charge in [-0.15, -0.1) is 0 Å². The third kappa shape index (κ3) is 3.26. The Bertz CT molecular complexity index is 1600. The van der Waals surface area contributed by atoms with Crippen molar-refractivity contribution in [2.75, 3.05) is 5.32 Å². The van der Waals surface area contributed by atoms with Gasteiger partial charge in [0.15, 0.2) is 0 Å². The minimum absolute atomic E-state index is 0.00889. The Morgan fingerprint density at radius 3 is 2.09 bits per heavy atom. The molecule has 0 bridgehead atoms. The van der Waals surface area contributed by atoms with E-state index in [9.17, 15) is 19.2 Å². The number of hydrogen-bond donors (Lipinski definition) is 3. The number of benzene rings is 3. The van der Waals surface area contributed by atoms with Gasteiger partial charge >= 0.3 is 0 Å². The first-order chi connectivity index (χ1) is 16.6. The van der Waals surface area contributed by atoms with Crippen LogP contribution in [0, 0.1) is 0 Å². The Kier molecular flexibility index (Phi) is 5.09. The second-order valence-electron chi connectivity index (χ2n) is 9.55. The fourth-order valence-corrected chi connectivity index (χ4v) is 4.99. The first-order valence-corrected chi connectivity index (χ1v) is 11.6. The highest BCUT2D eigenvalue weighted by Crippen LogP contribution is 2.34. The molecule has 0 unspecified atom stereocenters. The molecule has 0 fully saturated rings. The molecule has 0 spiro atoms. The Morgan fingerprint density at radius 2 is 1.46 bits per heavy atom. The number of fused-ring (bicyclic) bond motifs is 2. The zero-order valence-electron chi connectivity index (χ0n) is 19.9. The molecule has 7 heteroatoms. The van der Waals surface area contributed by atoms with Crippen LogP contribution in [-0.2, 0) is 9.59 Å². The zero-order chi connectivity index (χ0) is 25.2. The van der Waals surface area contributed by atoms with Crippen LogP contribution in [0.5, 0.6) is 0 Å². The fraction of sp³-hybridized carbons (Fsp3) is 0.214. The minimum atomic E-state index is -0.830. The third-order valence-electron chi connectivity index (χ3n) is 6.71. The quantitative estimate of drug-likeness (QED) is 0.401. The number of anilines is 1. The van der Waals surface area contributed by atoms with Crippen LogP contribution < -0.4 is 26.8 Å². The predicted octanol–water partition coefficient (Wildman–Crippen LogP) is 2.41. The predicted molar refractivity (Wildman–Crippen MR) is 134 cm³/mol. The van der Waals surface area contributed by atoms with Crippen molar-refractivity contribution < 1.29 is 19.2 Å². The number of nitrogens with one attached hydrogen (secondary N) is 2. The lowest BCUT2D eigenvalue weighted by Gasteiger charge is -2.25. The topological polar surface area (TPSA) is 118 Å². The average molecular weight is 468 g/mol. The lowest BCUT2D eigenvalue weighted by molar-refractivity contribution is -0.130. The van der Waals surface area contributed by atoms with E-state index in [1.807, 2.05) is 45.9 Å². The summed E-state index contributed by atoms with van der Waals surface area (Å²) in [4.78, 5) is 52.1. The number of nitrogens with two attached hydrogens (primary N) is 1. The van der Waals surface area contributed by atoms with E-state index < -0.39 is 23.4 Å². The first-order valence-electron chi connectivity index (χ1n) is 11.6. The van der Waals surface area contributed by atoms with E-state index in [0.29, 0.717) is 21.6 Å². The van der Waals surface area contributed by atoms with Crippen LogP contribution in [0.4, 0.5) is 5.69 Å². The van der Waals surface area contributed by atoms with Crippen molar-refractivity contribution in [3.63, 3.8) is 0 Å². The molecule has 5 rings (SSSR count). The van der Waals surface area contributed by atoms with E-state index in [1.54, 1.807) is 24.3 Å². The molecule has 0 saturated heterocycles. The maximum atomic E-state index is 13.4. The molecule has 4 N–H and O–H groups in total. The third-order valence-corrected chi connectivity index (χ3v) is 6.71. The average Bonchev–Trinajstić information content (AvgIpc) is 2.82. The normalized spacial score (nSPS) is 15.3. The number of amides is 2. The van der Waals surface area contributed by atoms with Crippen molar-refractivity contribution in [2.45, 2.75) is 39.5 Å². The number of imide groups is 1. The number of rotatable bonds is 4. The van der Waals surface area contributed by atoms with Gasteiger partial charge in [-0.25, -0.2) is 0 Å². The molecule has 0 saturated carbocycles. The van der Waals surface area contributed by atoms with Gasteiger partial charge in [0.25, 0.3) is 23.4 Å². The molecular weight excluding hydrogens is 442 g/mol. The molecule has 2 amide bonds. The summed E-state index contributed by atoms with van der Waals surface area (Å²) >= 11 is 0. The van der Waals surface area contributed by atoms with Crippen LogP contribution in [-0.4, -0.2) is 23.4 Å². The largest absolute Gasteiger partial charge is 0.395 e. The number of ketones is 2. The Morgan fingerprint density at radius 1 is 0.829 bits per heavy atom. The molecule has 3 aromatic rings. The molecule has 3 aromatic carbocycles. The molecule has 0 atom stereocenters. The highest BCUT2D eigenvalue weighted by atomic mass is 16.2. The number of para-hydroxylation sites is 1. The number of carbonyl (C=O) groups is 4. The van der Waals surface area contributed by atoms with Crippen molar-refractivity contribution in [3.05, 3.63) is 75.2 Å². The van der Waals surface area contributed by atoms with Gasteiger partial charge in [0.2, 0.25) is 0 Å². The van der Waals surface area contributed by atoms with E-state index in [1.165, 1.54) is 0 Å². The van der Waals surface area contributed by atoms with Crippen molar-refractivity contribution in [1.82, 2.24) is 5.32 Å². The maximum Gasteiger partial charge on any atom is 0.259 e. The molecule has 1 heterocycles. The second kappa shape index (κ2) is 7.91. The summed E-state index contributed by atoms with van der Waals surface area (Å²) in [7, 11) is 0.